The molecule has 0 saturated carbocycles. The second kappa shape index (κ2) is 11.7. The number of rotatable bonds is 2. The summed E-state index contributed by atoms with van der Waals surface area (Å²) in [5, 5.41) is 11.9. The molecule has 0 N–H and O–H groups in total. The van der Waals surface area contributed by atoms with Crippen LogP contribution in [-0.2, 0) is 21.7 Å². The molecule has 0 amide bonds. The van der Waals surface area contributed by atoms with E-state index >= 15 is 0 Å². The summed E-state index contributed by atoms with van der Waals surface area (Å²) in [6, 6.07) is 5.84. The largest absolute Gasteiger partial charge is 4.00 e. The Bertz CT molecular complexity index is 278. The Kier molecular flexibility index (Phi) is 18.0. The molecule has 96 valence electrons. The molecule has 0 atom stereocenters. The summed E-state index contributed by atoms with van der Waals surface area (Å²) in [6.07, 6.45) is 0. The van der Waals surface area contributed by atoms with E-state index in [4.69, 9.17) is 0 Å². The van der Waals surface area contributed by atoms with Gasteiger partial charge in [-0.3, -0.25) is 0 Å². The molecule has 0 aliphatic heterocycles. The van der Waals surface area contributed by atoms with Gasteiger partial charge in [-0.25, -0.2) is 0 Å². The van der Waals surface area contributed by atoms with Crippen molar-refractivity contribution < 1.29 is 64.0 Å². The molecule has 0 aromatic heterocycles. The molecule has 0 aliphatic carbocycles. The van der Waals surface area contributed by atoms with E-state index in [2.05, 4.69) is 27.7 Å². The van der Waals surface area contributed by atoms with E-state index in [1.807, 2.05) is 18.2 Å². The van der Waals surface area contributed by atoms with E-state index in [0.29, 0.717) is 11.8 Å². The van der Waals surface area contributed by atoms with Crippen molar-refractivity contribution in [2.45, 2.75) is 39.5 Å². The number of benzene rings is 1. The zero-order valence-corrected chi connectivity index (χ0v) is 14.3. The van der Waals surface area contributed by atoms with E-state index in [9.17, 15) is 5.11 Å². The first-order valence-electron chi connectivity index (χ1n) is 4.83. The molecule has 0 bridgehead atoms. The van der Waals surface area contributed by atoms with Crippen molar-refractivity contribution in [1.29, 1.82) is 0 Å². The fraction of sp³-hybridized carbons (Fsp3) is 0.500. The average Bonchev–Trinajstić information content (AvgIpc) is 2.03. The Morgan fingerprint density at radius 1 is 0.824 bits per heavy atom. The van der Waals surface area contributed by atoms with Crippen LogP contribution >= 0.6 is 0 Å². The second-order valence-electron chi connectivity index (χ2n) is 4.07. The maximum absolute atomic E-state index is 11.9. The minimum absolute atomic E-state index is 0. The van der Waals surface area contributed by atoms with Crippen LogP contribution in [0.1, 0.15) is 50.7 Å². The first-order valence-corrected chi connectivity index (χ1v) is 4.83. The van der Waals surface area contributed by atoms with Crippen molar-refractivity contribution in [2.24, 2.45) is 0 Å². The number of para-hydroxylation sites is 1. The summed E-state index contributed by atoms with van der Waals surface area (Å²) >= 11 is 0. The summed E-state index contributed by atoms with van der Waals surface area (Å²) in [7, 11) is 0. The quantitative estimate of drug-likeness (QED) is 0.495. The van der Waals surface area contributed by atoms with Gasteiger partial charge in [0.25, 0.3) is 0 Å². The molecule has 1 aromatic carbocycles. The van der Waals surface area contributed by atoms with Gasteiger partial charge in [-0.15, -0.1) is 5.75 Å². The SMILES string of the molecule is CC(C)c1cccc(C(C)C)c1[O-].[Cl-].[Cl-].[Cl-].[Ti+4]. The minimum atomic E-state index is 0. The fourth-order valence-electron chi connectivity index (χ4n) is 1.48. The molecule has 1 nitrogen and oxygen atoms in total. The Labute approximate surface area is 138 Å². The molecule has 0 saturated heterocycles. The van der Waals surface area contributed by atoms with E-state index in [1.54, 1.807) is 0 Å². The third-order valence-electron chi connectivity index (χ3n) is 2.32. The van der Waals surface area contributed by atoms with Gasteiger partial charge in [0.05, 0.1) is 0 Å². The normalized spacial score (nSPS) is 8.59. The number of hydrogen-bond acceptors (Lipinski definition) is 1. The van der Waals surface area contributed by atoms with Gasteiger partial charge in [0.1, 0.15) is 0 Å². The van der Waals surface area contributed by atoms with Gasteiger partial charge in [-0.05, 0) is 11.8 Å². The zero-order chi connectivity index (χ0) is 10.0. The van der Waals surface area contributed by atoms with Crippen LogP contribution in [-0.4, -0.2) is 0 Å². The molecule has 0 heterocycles. The molecule has 0 unspecified atom stereocenters. The molecule has 1 aromatic rings. The van der Waals surface area contributed by atoms with Crippen LogP contribution in [0, 0.1) is 0 Å². The van der Waals surface area contributed by atoms with Crippen molar-refractivity contribution in [3.63, 3.8) is 0 Å². The fourth-order valence-corrected chi connectivity index (χ4v) is 1.48. The number of halogens is 3. The van der Waals surface area contributed by atoms with Crippen LogP contribution < -0.4 is 42.3 Å². The third kappa shape index (κ3) is 6.93. The first kappa shape index (κ1) is 26.2. The summed E-state index contributed by atoms with van der Waals surface area (Å²) in [4.78, 5) is 0. The molecule has 0 fully saturated rings. The van der Waals surface area contributed by atoms with Crippen LogP contribution in [0.5, 0.6) is 5.75 Å². The monoisotopic (exact) mass is 330 g/mol. The van der Waals surface area contributed by atoms with Gasteiger partial charge in [0.15, 0.2) is 0 Å². The smallest absolute Gasteiger partial charge is 1.00 e. The van der Waals surface area contributed by atoms with Crippen molar-refractivity contribution in [2.75, 3.05) is 0 Å². The van der Waals surface area contributed by atoms with Crippen LogP contribution in [0.25, 0.3) is 0 Å². The van der Waals surface area contributed by atoms with Gasteiger partial charge in [0, 0.05) is 0 Å². The van der Waals surface area contributed by atoms with Crippen LogP contribution in [0.2, 0.25) is 0 Å². The Balaban J connectivity index is -0.000000211. The van der Waals surface area contributed by atoms with Gasteiger partial charge in [-0.1, -0.05) is 57.0 Å². The van der Waals surface area contributed by atoms with E-state index in [0.717, 1.165) is 11.1 Å². The van der Waals surface area contributed by atoms with Crippen LogP contribution in [0.4, 0.5) is 0 Å². The van der Waals surface area contributed by atoms with Crippen molar-refractivity contribution in [3.8, 4) is 5.75 Å². The molecule has 0 radical (unpaired) electrons. The molecule has 0 spiro atoms. The van der Waals surface area contributed by atoms with Crippen LogP contribution in [0.15, 0.2) is 18.2 Å². The maximum Gasteiger partial charge on any atom is 4.00 e. The Morgan fingerprint density at radius 2 is 1.12 bits per heavy atom. The predicted molar refractivity (Wildman–Crippen MR) is 54.1 cm³/mol. The summed E-state index contributed by atoms with van der Waals surface area (Å²) in [6.45, 7) is 8.23. The standard InChI is InChI=1S/C12H18O.3ClH.Ti/c1-8(2)10-6-5-7-11(9(3)4)12(10)13;;;;/h5-9,13H,1-4H3;3*1H;/q;;;;+4/p-4. The van der Waals surface area contributed by atoms with E-state index < -0.39 is 0 Å². The first-order chi connectivity index (χ1) is 6.04. The molecule has 1 rings (SSSR count). The molecule has 5 heteroatoms. The maximum atomic E-state index is 11.9. The Hall–Kier alpha value is 0.604. The van der Waals surface area contributed by atoms with Gasteiger partial charge in [-0.2, -0.15) is 0 Å². The molecular weight excluding hydrogens is 314 g/mol. The molecular formula is C12H17Cl3OTi. The van der Waals surface area contributed by atoms with Crippen LogP contribution in [0.3, 0.4) is 0 Å². The summed E-state index contributed by atoms with van der Waals surface area (Å²) < 4.78 is 0. The van der Waals surface area contributed by atoms with Gasteiger partial charge in [0.2, 0.25) is 0 Å². The number of hydrogen-bond donors (Lipinski definition) is 0. The second-order valence-corrected chi connectivity index (χ2v) is 4.07. The molecule has 0 aliphatic rings. The summed E-state index contributed by atoms with van der Waals surface area (Å²) in [5.41, 5.74) is 1.87. The molecule has 17 heavy (non-hydrogen) atoms. The predicted octanol–water partition coefficient (Wildman–Crippen LogP) is -5.98. The van der Waals surface area contributed by atoms with E-state index in [1.165, 1.54) is 0 Å². The topological polar surface area (TPSA) is 23.1 Å². The van der Waals surface area contributed by atoms with Crippen molar-refractivity contribution in [3.05, 3.63) is 29.3 Å². The average molecular weight is 331 g/mol. The van der Waals surface area contributed by atoms with Crippen molar-refractivity contribution in [1.82, 2.24) is 0 Å². The summed E-state index contributed by atoms with van der Waals surface area (Å²) in [5.74, 6) is 0.880. The van der Waals surface area contributed by atoms with Gasteiger partial charge >= 0.3 is 21.7 Å². The third-order valence-corrected chi connectivity index (χ3v) is 2.32. The van der Waals surface area contributed by atoms with Crippen molar-refractivity contribution >= 4 is 0 Å². The van der Waals surface area contributed by atoms with Gasteiger partial charge < -0.3 is 42.3 Å². The minimum Gasteiger partial charge on any atom is -1.00 e. The van der Waals surface area contributed by atoms with E-state index in [-0.39, 0.29) is 64.7 Å². The zero-order valence-electron chi connectivity index (χ0n) is 10.4. The Morgan fingerprint density at radius 3 is 1.35 bits per heavy atom.